The van der Waals surface area contributed by atoms with E-state index >= 15 is 0 Å². The zero-order chi connectivity index (χ0) is 19.1. The summed E-state index contributed by atoms with van der Waals surface area (Å²) in [5, 5.41) is 3.47. The predicted molar refractivity (Wildman–Crippen MR) is 108 cm³/mol. The molecule has 8 heteroatoms. The van der Waals surface area contributed by atoms with Crippen molar-refractivity contribution >= 4 is 28.8 Å². The third kappa shape index (κ3) is 5.74. The van der Waals surface area contributed by atoms with Gasteiger partial charge in [-0.15, -0.1) is 0 Å². The van der Waals surface area contributed by atoms with Crippen LogP contribution < -0.4 is 27.2 Å². The van der Waals surface area contributed by atoms with Gasteiger partial charge in [0.15, 0.2) is 10.8 Å². The fourth-order valence-electron chi connectivity index (χ4n) is 2.34. The molecule has 1 rings (SSSR count). The van der Waals surface area contributed by atoms with Gasteiger partial charge in [-0.05, 0) is 31.5 Å². The molecule has 25 heavy (non-hydrogen) atoms. The highest BCUT2D eigenvalue weighted by Gasteiger charge is 2.22. The molecular formula is C17H29N5O2S. The van der Waals surface area contributed by atoms with Crippen LogP contribution in [0, 0.1) is 5.92 Å². The number of unbranched alkanes of at least 4 members (excludes halogenated alkanes) is 1. The molecule has 1 aromatic rings. The molecule has 4 N–H and O–H groups in total. The van der Waals surface area contributed by atoms with Crippen LogP contribution in [0.3, 0.4) is 0 Å². The van der Waals surface area contributed by atoms with E-state index in [1.54, 1.807) is 4.90 Å². The number of nitrogens with one attached hydrogen (secondary N) is 2. The van der Waals surface area contributed by atoms with E-state index in [1.807, 2.05) is 20.8 Å². The SMILES string of the molecule is C=C(C)CNC(=S)N(CCCC)c1c(N)n(CC(C)C)c(=O)[nH]c1=O. The standard InChI is InChI=1S/C17H29N5O2S/c1-6-7-8-21(17(25)19-9-11(2)3)13-14(18)22(10-12(4)5)16(24)20-15(13)23/h12H,2,6-10,18H2,1,3-5H3,(H,19,25)(H,20,23,24). The van der Waals surface area contributed by atoms with Crippen molar-refractivity contribution in [1.82, 2.24) is 14.9 Å². The summed E-state index contributed by atoms with van der Waals surface area (Å²) in [6.07, 6.45) is 1.76. The molecule has 0 amide bonds. The highest BCUT2D eigenvalue weighted by atomic mass is 32.1. The summed E-state index contributed by atoms with van der Waals surface area (Å²) in [5.74, 6) is 0.342. The number of rotatable bonds is 8. The highest BCUT2D eigenvalue weighted by Crippen LogP contribution is 2.18. The van der Waals surface area contributed by atoms with E-state index in [0.29, 0.717) is 24.7 Å². The molecule has 1 aromatic heterocycles. The monoisotopic (exact) mass is 367 g/mol. The Balaban J connectivity index is 3.37. The van der Waals surface area contributed by atoms with Crippen molar-refractivity contribution in [3.63, 3.8) is 0 Å². The fourth-order valence-corrected chi connectivity index (χ4v) is 2.59. The Kier molecular flexibility index (Phi) is 7.89. The van der Waals surface area contributed by atoms with Crippen LogP contribution in [0.5, 0.6) is 0 Å². The van der Waals surface area contributed by atoms with Crippen molar-refractivity contribution in [2.45, 2.75) is 47.1 Å². The average Bonchev–Trinajstić information content (AvgIpc) is 2.51. The molecule has 0 unspecified atom stereocenters. The van der Waals surface area contributed by atoms with Crippen molar-refractivity contribution in [3.05, 3.63) is 33.0 Å². The first-order valence-corrected chi connectivity index (χ1v) is 8.92. The number of hydrogen-bond acceptors (Lipinski definition) is 4. The predicted octanol–water partition coefficient (Wildman–Crippen LogP) is 1.83. The third-order valence-corrected chi connectivity index (χ3v) is 3.92. The number of nitrogens with two attached hydrogens (primary N) is 1. The van der Waals surface area contributed by atoms with Gasteiger partial charge in [0.25, 0.3) is 5.56 Å². The quantitative estimate of drug-likeness (QED) is 0.479. The lowest BCUT2D eigenvalue weighted by Crippen LogP contribution is -2.46. The normalized spacial score (nSPS) is 10.8. The topological polar surface area (TPSA) is 96.2 Å². The van der Waals surface area contributed by atoms with E-state index < -0.39 is 11.2 Å². The number of aromatic amines is 1. The van der Waals surface area contributed by atoms with Gasteiger partial charge >= 0.3 is 5.69 Å². The Morgan fingerprint density at radius 3 is 2.60 bits per heavy atom. The molecule has 0 aromatic carbocycles. The molecule has 7 nitrogen and oxygen atoms in total. The number of nitrogens with zero attached hydrogens (tertiary/aromatic N) is 2. The lowest BCUT2D eigenvalue weighted by Gasteiger charge is -2.27. The maximum absolute atomic E-state index is 12.5. The first-order valence-electron chi connectivity index (χ1n) is 8.51. The molecule has 0 fully saturated rings. The van der Waals surface area contributed by atoms with Gasteiger partial charge < -0.3 is 16.0 Å². The van der Waals surface area contributed by atoms with Gasteiger partial charge in [-0.2, -0.15) is 0 Å². The van der Waals surface area contributed by atoms with Gasteiger partial charge in [0.2, 0.25) is 0 Å². The second kappa shape index (κ2) is 9.41. The molecule has 0 saturated heterocycles. The van der Waals surface area contributed by atoms with E-state index in [2.05, 4.69) is 23.8 Å². The Labute approximate surface area is 153 Å². The number of anilines is 2. The lowest BCUT2D eigenvalue weighted by atomic mass is 10.2. The second-order valence-corrected chi connectivity index (χ2v) is 7.01. The molecule has 0 aliphatic rings. The van der Waals surface area contributed by atoms with Crippen LogP contribution in [-0.2, 0) is 6.54 Å². The minimum atomic E-state index is -0.530. The summed E-state index contributed by atoms with van der Waals surface area (Å²) < 4.78 is 1.39. The molecule has 1 heterocycles. The molecule has 0 aliphatic heterocycles. The molecule has 0 radical (unpaired) electrons. The minimum Gasteiger partial charge on any atom is -0.383 e. The van der Waals surface area contributed by atoms with Gasteiger partial charge in [-0.1, -0.05) is 39.3 Å². The van der Waals surface area contributed by atoms with Crippen LogP contribution in [0.1, 0.15) is 40.5 Å². The molecular weight excluding hydrogens is 338 g/mol. The van der Waals surface area contributed by atoms with E-state index in [-0.39, 0.29) is 17.4 Å². The highest BCUT2D eigenvalue weighted by molar-refractivity contribution is 7.80. The summed E-state index contributed by atoms with van der Waals surface area (Å²) in [6, 6.07) is 0. The van der Waals surface area contributed by atoms with Gasteiger partial charge in [-0.3, -0.25) is 14.3 Å². The van der Waals surface area contributed by atoms with Crippen molar-refractivity contribution < 1.29 is 0 Å². The van der Waals surface area contributed by atoms with E-state index in [9.17, 15) is 9.59 Å². The largest absolute Gasteiger partial charge is 0.383 e. The van der Waals surface area contributed by atoms with E-state index in [1.165, 1.54) is 4.57 Å². The smallest absolute Gasteiger partial charge is 0.330 e. The van der Waals surface area contributed by atoms with Crippen molar-refractivity contribution in [1.29, 1.82) is 0 Å². The van der Waals surface area contributed by atoms with Crippen LogP contribution >= 0.6 is 12.2 Å². The maximum Gasteiger partial charge on any atom is 0.330 e. The molecule has 0 aliphatic carbocycles. The Hall–Kier alpha value is -2.09. The number of aromatic nitrogens is 2. The number of thiocarbonyl (C=S) groups is 1. The van der Waals surface area contributed by atoms with Crippen LogP contribution in [0.15, 0.2) is 21.7 Å². The van der Waals surface area contributed by atoms with Gasteiger partial charge in [0.1, 0.15) is 5.82 Å². The van der Waals surface area contributed by atoms with Gasteiger partial charge in [0, 0.05) is 19.6 Å². The van der Waals surface area contributed by atoms with Gasteiger partial charge in [0.05, 0.1) is 0 Å². The zero-order valence-electron chi connectivity index (χ0n) is 15.5. The van der Waals surface area contributed by atoms with Crippen LogP contribution in [0.2, 0.25) is 0 Å². The molecule has 0 bridgehead atoms. The molecule has 0 spiro atoms. The van der Waals surface area contributed by atoms with E-state index in [4.69, 9.17) is 18.0 Å². The fraction of sp³-hybridized carbons (Fsp3) is 0.588. The van der Waals surface area contributed by atoms with E-state index in [0.717, 1.165) is 18.4 Å². The summed E-state index contributed by atoms with van der Waals surface area (Å²) in [5.41, 5.74) is 6.30. The average molecular weight is 368 g/mol. The Bertz CT molecular complexity index is 736. The van der Waals surface area contributed by atoms with Crippen molar-refractivity contribution in [2.75, 3.05) is 23.7 Å². The summed E-state index contributed by atoms with van der Waals surface area (Å²) in [7, 11) is 0. The lowest BCUT2D eigenvalue weighted by molar-refractivity contribution is 0.507. The summed E-state index contributed by atoms with van der Waals surface area (Å²) >= 11 is 5.45. The Morgan fingerprint density at radius 2 is 2.08 bits per heavy atom. The molecule has 140 valence electrons. The number of hydrogen-bond donors (Lipinski definition) is 3. The molecule has 0 saturated carbocycles. The molecule has 0 atom stereocenters. The van der Waals surface area contributed by atoms with Crippen molar-refractivity contribution in [3.8, 4) is 0 Å². The Morgan fingerprint density at radius 1 is 1.44 bits per heavy atom. The number of H-pyrrole nitrogens is 1. The van der Waals surface area contributed by atoms with Crippen LogP contribution in [-0.4, -0.2) is 27.8 Å². The van der Waals surface area contributed by atoms with Crippen molar-refractivity contribution in [2.24, 2.45) is 5.92 Å². The summed E-state index contributed by atoms with van der Waals surface area (Å²) in [6.45, 7) is 13.2. The maximum atomic E-state index is 12.5. The second-order valence-electron chi connectivity index (χ2n) is 6.62. The first-order chi connectivity index (χ1) is 11.7. The number of nitrogen functional groups attached to an aromatic ring is 1. The first kappa shape index (κ1) is 21.0. The van der Waals surface area contributed by atoms with Crippen LogP contribution in [0.4, 0.5) is 11.5 Å². The summed E-state index contributed by atoms with van der Waals surface area (Å²) in [4.78, 5) is 28.6. The third-order valence-electron chi connectivity index (χ3n) is 3.55. The van der Waals surface area contributed by atoms with Crippen LogP contribution in [0.25, 0.3) is 0 Å². The van der Waals surface area contributed by atoms with Gasteiger partial charge in [-0.25, -0.2) is 4.79 Å². The zero-order valence-corrected chi connectivity index (χ0v) is 16.3. The minimum absolute atomic E-state index is 0.137.